The second kappa shape index (κ2) is 5.52. The van der Waals surface area contributed by atoms with Gasteiger partial charge < -0.3 is 10.4 Å². The average molecular weight is 277 g/mol. The Hall–Kier alpha value is -2.70. The molecule has 0 saturated heterocycles. The summed E-state index contributed by atoms with van der Waals surface area (Å²) < 4.78 is 13.2. The standard InChI is InChI=1S/C13H12FN3O3/c1-8-4-10(17(19)20)7-16-13(8)15-6-9-2-3-12(18)11(14)5-9/h2-5,7,18H,6H2,1H3,(H,15,16). The number of hydrogen-bond donors (Lipinski definition) is 2. The van der Waals surface area contributed by atoms with Crippen LogP contribution in [0.2, 0.25) is 0 Å². The Kier molecular flexibility index (Phi) is 3.79. The fraction of sp³-hybridized carbons (Fsp3) is 0.154. The molecule has 0 unspecified atom stereocenters. The highest BCUT2D eigenvalue weighted by Gasteiger charge is 2.09. The number of halogens is 1. The molecule has 7 heteroatoms. The molecule has 2 aromatic rings. The van der Waals surface area contributed by atoms with Gasteiger partial charge in [0.1, 0.15) is 12.0 Å². The molecule has 1 aromatic carbocycles. The Morgan fingerprint density at radius 3 is 2.80 bits per heavy atom. The number of rotatable bonds is 4. The van der Waals surface area contributed by atoms with Crippen LogP contribution in [0.4, 0.5) is 15.9 Å². The quantitative estimate of drug-likeness (QED) is 0.662. The monoisotopic (exact) mass is 277 g/mol. The molecule has 1 aromatic heterocycles. The summed E-state index contributed by atoms with van der Waals surface area (Å²) >= 11 is 0. The molecule has 0 spiro atoms. The van der Waals surface area contributed by atoms with Crippen molar-refractivity contribution in [1.82, 2.24) is 4.98 Å². The van der Waals surface area contributed by atoms with Gasteiger partial charge in [0, 0.05) is 12.6 Å². The van der Waals surface area contributed by atoms with Crippen molar-refractivity contribution >= 4 is 11.5 Å². The number of nitro groups is 1. The van der Waals surface area contributed by atoms with Gasteiger partial charge in [0.15, 0.2) is 11.6 Å². The predicted molar refractivity (Wildman–Crippen MR) is 71.0 cm³/mol. The van der Waals surface area contributed by atoms with Crippen molar-refractivity contribution < 1.29 is 14.4 Å². The van der Waals surface area contributed by atoms with E-state index in [1.807, 2.05) is 0 Å². The number of aromatic hydroxyl groups is 1. The molecule has 2 N–H and O–H groups in total. The number of anilines is 1. The molecule has 0 aliphatic rings. The van der Waals surface area contributed by atoms with Crippen LogP contribution in [0, 0.1) is 22.9 Å². The summed E-state index contributed by atoms with van der Waals surface area (Å²) in [6.45, 7) is 1.99. The summed E-state index contributed by atoms with van der Waals surface area (Å²) in [6, 6.07) is 5.46. The molecular formula is C13H12FN3O3. The zero-order valence-electron chi connectivity index (χ0n) is 10.6. The molecule has 0 amide bonds. The van der Waals surface area contributed by atoms with E-state index in [4.69, 9.17) is 5.11 Å². The van der Waals surface area contributed by atoms with Crippen LogP contribution in [0.3, 0.4) is 0 Å². The molecule has 20 heavy (non-hydrogen) atoms. The molecule has 0 fully saturated rings. The number of phenols is 1. The zero-order valence-corrected chi connectivity index (χ0v) is 10.6. The summed E-state index contributed by atoms with van der Waals surface area (Å²) in [5.74, 6) is -0.611. The maximum absolute atomic E-state index is 13.2. The van der Waals surface area contributed by atoms with Gasteiger partial charge in [-0.3, -0.25) is 10.1 Å². The van der Waals surface area contributed by atoms with Crippen LogP contribution in [0.5, 0.6) is 5.75 Å². The molecule has 0 aliphatic heterocycles. The van der Waals surface area contributed by atoms with Gasteiger partial charge in [-0.1, -0.05) is 6.07 Å². The van der Waals surface area contributed by atoms with Crippen LogP contribution < -0.4 is 5.32 Å². The number of nitrogens with zero attached hydrogens (tertiary/aromatic N) is 2. The van der Waals surface area contributed by atoms with E-state index >= 15 is 0 Å². The number of hydrogen-bond acceptors (Lipinski definition) is 5. The molecule has 0 aliphatic carbocycles. The molecule has 2 rings (SSSR count). The second-order valence-corrected chi connectivity index (χ2v) is 4.26. The highest BCUT2D eigenvalue weighted by atomic mass is 19.1. The number of aryl methyl sites for hydroxylation is 1. The van der Waals surface area contributed by atoms with Crippen molar-refractivity contribution in [3.63, 3.8) is 0 Å². The van der Waals surface area contributed by atoms with Crippen molar-refractivity contribution in [2.75, 3.05) is 5.32 Å². The minimum absolute atomic E-state index is 0.0799. The van der Waals surface area contributed by atoms with Gasteiger partial charge in [0.2, 0.25) is 0 Å². The fourth-order valence-corrected chi connectivity index (χ4v) is 1.69. The van der Waals surface area contributed by atoms with Gasteiger partial charge in [0.05, 0.1) is 4.92 Å². The lowest BCUT2D eigenvalue weighted by atomic mass is 10.2. The van der Waals surface area contributed by atoms with E-state index < -0.39 is 16.5 Å². The molecule has 104 valence electrons. The van der Waals surface area contributed by atoms with E-state index in [0.29, 0.717) is 23.5 Å². The summed E-state index contributed by atoms with van der Waals surface area (Å²) in [4.78, 5) is 14.0. The maximum Gasteiger partial charge on any atom is 0.287 e. The first kappa shape index (κ1) is 13.7. The predicted octanol–water partition coefficient (Wildman–Crippen LogP) is 2.76. The van der Waals surface area contributed by atoms with Gasteiger partial charge in [-0.05, 0) is 30.2 Å². The Balaban J connectivity index is 2.10. The first-order valence-corrected chi connectivity index (χ1v) is 5.79. The third-order valence-electron chi connectivity index (χ3n) is 2.75. The van der Waals surface area contributed by atoms with Crippen LogP contribution in [0.1, 0.15) is 11.1 Å². The highest BCUT2D eigenvalue weighted by Crippen LogP contribution is 2.20. The first-order chi connectivity index (χ1) is 9.47. The van der Waals surface area contributed by atoms with Gasteiger partial charge in [-0.2, -0.15) is 0 Å². The van der Waals surface area contributed by atoms with Gasteiger partial charge in [0.25, 0.3) is 5.69 Å². The van der Waals surface area contributed by atoms with Crippen molar-refractivity contribution in [2.24, 2.45) is 0 Å². The summed E-state index contributed by atoms with van der Waals surface area (Å²) in [5.41, 5.74) is 1.17. The van der Waals surface area contributed by atoms with E-state index in [1.54, 1.807) is 13.0 Å². The van der Waals surface area contributed by atoms with Crippen LogP contribution in [0.25, 0.3) is 0 Å². The topological polar surface area (TPSA) is 88.3 Å². The highest BCUT2D eigenvalue weighted by molar-refractivity contribution is 5.48. The minimum atomic E-state index is -0.697. The smallest absolute Gasteiger partial charge is 0.287 e. The average Bonchev–Trinajstić information content (AvgIpc) is 2.41. The molecule has 0 bridgehead atoms. The minimum Gasteiger partial charge on any atom is -0.505 e. The lowest BCUT2D eigenvalue weighted by Crippen LogP contribution is -2.04. The van der Waals surface area contributed by atoms with Gasteiger partial charge >= 0.3 is 0 Å². The SMILES string of the molecule is Cc1cc([N+](=O)[O-])cnc1NCc1ccc(O)c(F)c1. The number of benzene rings is 1. The van der Waals surface area contributed by atoms with Crippen molar-refractivity contribution in [3.8, 4) is 5.75 Å². The number of nitrogens with one attached hydrogen (secondary N) is 1. The van der Waals surface area contributed by atoms with Crippen LogP contribution in [0.15, 0.2) is 30.5 Å². The molecular weight excluding hydrogens is 265 g/mol. The van der Waals surface area contributed by atoms with E-state index in [9.17, 15) is 14.5 Å². The molecule has 6 nitrogen and oxygen atoms in total. The first-order valence-electron chi connectivity index (χ1n) is 5.79. The Bertz CT molecular complexity index is 661. The van der Waals surface area contributed by atoms with E-state index in [2.05, 4.69) is 10.3 Å². The Morgan fingerprint density at radius 2 is 2.20 bits per heavy atom. The third kappa shape index (κ3) is 3.00. The Labute approximate surface area is 114 Å². The molecule has 0 radical (unpaired) electrons. The van der Waals surface area contributed by atoms with Crippen molar-refractivity contribution in [1.29, 1.82) is 0 Å². The van der Waals surface area contributed by atoms with Crippen LogP contribution in [-0.2, 0) is 6.54 Å². The molecule has 0 atom stereocenters. The van der Waals surface area contributed by atoms with Crippen LogP contribution >= 0.6 is 0 Å². The van der Waals surface area contributed by atoms with Crippen molar-refractivity contribution in [3.05, 3.63) is 57.5 Å². The van der Waals surface area contributed by atoms with Crippen LogP contribution in [-0.4, -0.2) is 15.0 Å². The summed E-state index contributed by atoms with van der Waals surface area (Å²) in [5, 5.41) is 22.6. The van der Waals surface area contributed by atoms with Gasteiger partial charge in [-0.15, -0.1) is 0 Å². The normalized spacial score (nSPS) is 10.3. The lowest BCUT2D eigenvalue weighted by Gasteiger charge is -2.08. The number of aromatic nitrogens is 1. The molecule has 1 heterocycles. The molecule has 0 saturated carbocycles. The Morgan fingerprint density at radius 1 is 1.45 bits per heavy atom. The summed E-state index contributed by atoms with van der Waals surface area (Å²) in [6.07, 6.45) is 1.16. The summed E-state index contributed by atoms with van der Waals surface area (Å²) in [7, 11) is 0. The number of phenolic OH excluding ortho intramolecular Hbond substituents is 1. The zero-order chi connectivity index (χ0) is 14.7. The van der Waals surface area contributed by atoms with E-state index in [1.165, 1.54) is 18.2 Å². The maximum atomic E-state index is 13.2. The van der Waals surface area contributed by atoms with Gasteiger partial charge in [-0.25, -0.2) is 9.37 Å². The number of pyridine rings is 1. The lowest BCUT2D eigenvalue weighted by molar-refractivity contribution is -0.385. The van der Waals surface area contributed by atoms with E-state index in [-0.39, 0.29) is 5.69 Å². The fourth-order valence-electron chi connectivity index (χ4n) is 1.69. The van der Waals surface area contributed by atoms with Crippen molar-refractivity contribution in [2.45, 2.75) is 13.5 Å². The third-order valence-corrected chi connectivity index (χ3v) is 2.75. The largest absolute Gasteiger partial charge is 0.505 e. The van der Waals surface area contributed by atoms with E-state index in [0.717, 1.165) is 6.20 Å². The second-order valence-electron chi connectivity index (χ2n) is 4.26.